The van der Waals surface area contributed by atoms with Crippen LogP contribution in [0, 0.1) is 11.6 Å². The van der Waals surface area contributed by atoms with E-state index in [1.54, 1.807) is 18.2 Å². The maximum Gasteiger partial charge on any atom is 0.243 e. The molecule has 0 atom stereocenters. The van der Waals surface area contributed by atoms with E-state index in [4.69, 9.17) is 0 Å². The van der Waals surface area contributed by atoms with Crippen LogP contribution in [0.25, 0.3) is 0 Å². The number of hydrogen-bond donors (Lipinski definition) is 1. The van der Waals surface area contributed by atoms with E-state index < -0.39 is 32.9 Å². The summed E-state index contributed by atoms with van der Waals surface area (Å²) in [5.41, 5.74) is -4.29. The second-order valence-electron chi connectivity index (χ2n) is 7.91. The van der Waals surface area contributed by atoms with Crippen LogP contribution in [0.5, 0.6) is 0 Å². The second-order valence-corrected chi connectivity index (χ2v) is 9.84. The first kappa shape index (κ1) is 22.5. The first-order valence-electron chi connectivity index (χ1n) is 10.2. The van der Waals surface area contributed by atoms with Gasteiger partial charge in [-0.25, -0.2) is 21.6 Å². The molecule has 32 heavy (non-hydrogen) atoms. The number of aliphatic hydroxyl groups is 1. The highest BCUT2D eigenvalue weighted by atomic mass is 32.2. The summed E-state index contributed by atoms with van der Waals surface area (Å²) in [7, 11) is -3.81. The molecule has 0 bridgehead atoms. The van der Waals surface area contributed by atoms with Gasteiger partial charge >= 0.3 is 0 Å². The summed E-state index contributed by atoms with van der Waals surface area (Å²) in [6, 6.07) is 17.5. The van der Waals surface area contributed by atoms with Crippen molar-refractivity contribution < 1.29 is 26.7 Å². The smallest absolute Gasteiger partial charge is 0.243 e. The zero-order valence-corrected chi connectivity index (χ0v) is 17.9. The van der Waals surface area contributed by atoms with Crippen LogP contribution in [-0.2, 0) is 15.6 Å². The average Bonchev–Trinajstić information content (AvgIpc) is 2.80. The van der Waals surface area contributed by atoms with Gasteiger partial charge in [0.05, 0.1) is 4.90 Å². The van der Waals surface area contributed by atoms with E-state index in [0.717, 1.165) is 24.3 Å². The normalized spacial score (nSPS) is 17.2. The molecule has 1 aliphatic heterocycles. The highest BCUT2D eigenvalue weighted by Crippen LogP contribution is 2.48. The van der Waals surface area contributed by atoms with Gasteiger partial charge in [-0.05, 0) is 60.4 Å². The minimum atomic E-state index is -3.81. The largest absolute Gasteiger partial charge is 0.377 e. The molecule has 0 amide bonds. The summed E-state index contributed by atoms with van der Waals surface area (Å²) >= 11 is 0. The van der Waals surface area contributed by atoms with Crippen molar-refractivity contribution in [3.05, 3.63) is 102 Å². The molecule has 0 unspecified atom stereocenters. The summed E-state index contributed by atoms with van der Waals surface area (Å²) in [4.78, 5) is 0.110. The van der Waals surface area contributed by atoms with Gasteiger partial charge in [0.25, 0.3) is 0 Å². The van der Waals surface area contributed by atoms with Gasteiger partial charge in [0.15, 0.2) is 0 Å². The Morgan fingerprint density at radius 1 is 0.781 bits per heavy atom. The van der Waals surface area contributed by atoms with Gasteiger partial charge in [0.1, 0.15) is 22.9 Å². The number of sulfonamides is 1. The molecule has 1 heterocycles. The van der Waals surface area contributed by atoms with Gasteiger partial charge in [-0.1, -0.05) is 42.5 Å². The van der Waals surface area contributed by atoms with Gasteiger partial charge in [0, 0.05) is 13.1 Å². The molecule has 1 aliphatic rings. The Bertz CT molecular complexity index is 1130. The molecule has 0 aliphatic carbocycles. The monoisotopic (exact) mass is 461 g/mol. The van der Waals surface area contributed by atoms with Crippen molar-refractivity contribution >= 4 is 10.0 Å². The predicted octanol–water partition coefficient (Wildman–Crippen LogP) is 4.39. The van der Waals surface area contributed by atoms with Crippen LogP contribution in [-0.4, -0.2) is 36.6 Å². The van der Waals surface area contributed by atoms with Crippen molar-refractivity contribution in [1.29, 1.82) is 0 Å². The van der Waals surface area contributed by atoms with E-state index in [-0.39, 0.29) is 42.0 Å². The number of benzene rings is 3. The van der Waals surface area contributed by atoms with Crippen molar-refractivity contribution in [2.24, 2.45) is 0 Å². The number of hydrogen-bond acceptors (Lipinski definition) is 3. The molecule has 0 radical (unpaired) electrons. The van der Waals surface area contributed by atoms with Crippen molar-refractivity contribution in [3.8, 4) is 0 Å². The van der Waals surface area contributed by atoms with Crippen LogP contribution in [0.4, 0.5) is 13.2 Å². The summed E-state index contributed by atoms with van der Waals surface area (Å²) < 4.78 is 70.6. The summed E-state index contributed by atoms with van der Waals surface area (Å²) in [5.74, 6) is -1.10. The second kappa shape index (κ2) is 8.35. The number of nitrogens with zero attached hydrogens (tertiary/aromatic N) is 1. The van der Waals surface area contributed by atoms with Crippen molar-refractivity contribution in [2.75, 3.05) is 13.1 Å². The first-order valence-corrected chi connectivity index (χ1v) is 11.6. The molecule has 1 saturated heterocycles. The fraction of sp³-hybridized carbons (Fsp3) is 0.250. The Hall–Kier alpha value is -2.68. The molecule has 168 valence electrons. The quantitative estimate of drug-likeness (QED) is 0.613. The molecular formula is C24H22F3NO3S. The van der Waals surface area contributed by atoms with E-state index in [1.165, 1.54) is 40.7 Å². The van der Waals surface area contributed by atoms with Crippen molar-refractivity contribution in [3.63, 3.8) is 0 Å². The fourth-order valence-electron chi connectivity index (χ4n) is 4.25. The van der Waals surface area contributed by atoms with Gasteiger partial charge in [-0.15, -0.1) is 0 Å². The Morgan fingerprint density at radius 3 is 1.66 bits per heavy atom. The number of piperidine rings is 1. The molecule has 3 aromatic rings. The van der Waals surface area contributed by atoms with Gasteiger partial charge in [-0.3, -0.25) is 0 Å². The van der Waals surface area contributed by atoms with Crippen LogP contribution in [0.3, 0.4) is 0 Å². The summed E-state index contributed by atoms with van der Waals surface area (Å²) in [6.07, 6.45) is -0.603. The lowest BCUT2D eigenvalue weighted by Gasteiger charge is -2.46. The van der Waals surface area contributed by atoms with Gasteiger partial charge in [-0.2, -0.15) is 4.31 Å². The Morgan fingerprint density at radius 2 is 1.22 bits per heavy atom. The highest BCUT2D eigenvalue weighted by molar-refractivity contribution is 7.89. The zero-order chi connectivity index (χ0) is 23.0. The zero-order valence-electron chi connectivity index (χ0n) is 17.1. The van der Waals surface area contributed by atoms with E-state index in [1.807, 2.05) is 0 Å². The minimum Gasteiger partial charge on any atom is -0.377 e. The molecule has 8 heteroatoms. The SMILES string of the molecule is O=S(=O)(c1ccccc1)N1CCC(F)(C(O)(c2ccc(F)cc2)c2ccc(F)cc2)CC1. The highest BCUT2D eigenvalue weighted by Gasteiger charge is 2.55. The molecule has 0 spiro atoms. The number of alkyl halides is 1. The summed E-state index contributed by atoms with van der Waals surface area (Å²) in [6.45, 7) is -0.309. The molecule has 3 aromatic carbocycles. The molecule has 4 rings (SSSR count). The van der Waals surface area contributed by atoms with Crippen LogP contribution < -0.4 is 0 Å². The topological polar surface area (TPSA) is 57.6 Å². The lowest BCUT2D eigenvalue weighted by atomic mass is 9.70. The number of halogens is 3. The number of rotatable bonds is 5. The van der Waals surface area contributed by atoms with E-state index in [0.29, 0.717) is 0 Å². The predicted molar refractivity (Wildman–Crippen MR) is 114 cm³/mol. The lowest BCUT2D eigenvalue weighted by Crippen LogP contribution is -2.56. The van der Waals surface area contributed by atoms with Crippen LogP contribution in [0.15, 0.2) is 83.8 Å². The molecule has 0 saturated carbocycles. The minimum absolute atomic E-state index is 0.104. The van der Waals surface area contributed by atoms with Crippen molar-refractivity contribution in [2.45, 2.75) is 29.0 Å². The van der Waals surface area contributed by atoms with Crippen LogP contribution in [0.2, 0.25) is 0 Å². The van der Waals surface area contributed by atoms with E-state index in [9.17, 15) is 22.3 Å². The molecule has 1 fully saturated rings. The molecular weight excluding hydrogens is 439 g/mol. The Balaban J connectivity index is 1.70. The fourth-order valence-corrected chi connectivity index (χ4v) is 5.71. The van der Waals surface area contributed by atoms with Gasteiger partial charge < -0.3 is 5.11 Å². The average molecular weight is 462 g/mol. The van der Waals surface area contributed by atoms with Crippen LogP contribution in [0.1, 0.15) is 24.0 Å². The third-order valence-electron chi connectivity index (χ3n) is 6.07. The molecule has 1 N–H and O–H groups in total. The first-order chi connectivity index (χ1) is 15.2. The lowest BCUT2D eigenvalue weighted by molar-refractivity contribution is -0.103. The van der Waals surface area contributed by atoms with Crippen LogP contribution >= 0.6 is 0 Å². The Kier molecular flexibility index (Phi) is 5.87. The van der Waals surface area contributed by atoms with E-state index in [2.05, 4.69) is 0 Å². The standard InChI is InChI=1S/C24H22F3NO3S/c25-20-10-6-18(7-11-20)24(29,19-8-12-21(26)13-9-19)23(27)14-16-28(17-15-23)32(30,31)22-4-2-1-3-5-22/h1-13,29H,14-17H2. The summed E-state index contributed by atoms with van der Waals surface area (Å²) in [5, 5.41) is 11.7. The maximum absolute atomic E-state index is 16.5. The third kappa shape index (κ3) is 3.83. The maximum atomic E-state index is 16.5. The molecule has 0 aromatic heterocycles. The third-order valence-corrected chi connectivity index (χ3v) is 7.98. The molecule has 4 nitrogen and oxygen atoms in total. The van der Waals surface area contributed by atoms with Crippen molar-refractivity contribution in [1.82, 2.24) is 4.31 Å². The van der Waals surface area contributed by atoms with E-state index >= 15 is 4.39 Å². The Labute approximate surface area is 185 Å². The van der Waals surface area contributed by atoms with Gasteiger partial charge in [0.2, 0.25) is 10.0 Å².